The number of aliphatic carboxylic acids is 1. The second kappa shape index (κ2) is 4.79. The zero-order valence-corrected chi connectivity index (χ0v) is 9.60. The van der Waals surface area contributed by atoms with Crippen molar-refractivity contribution < 1.29 is 14.7 Å². The van der Waals surface area contributed by atoms with Gasteiger partial charge in [-0.3, -0.25) is 4.79 Å². The molecule has 4 nitrogen and oxygen atoms in total. The highest BCUT2D eigenvalue weighted by atomic mass is 16.4. The van der Waals surface area contributed by atoms with Gasteiger partial charge in [-0.25, -0.2) is 4.79 Å². The van der Waals surface area contributed by atoms with Gasteiger partial charge in [-0.1, -0.05) is 29.8 Å². The molecule has 86 valence electrons. The third kappa shape index (κ3) is 2.59. The van der Waals surface area contributed by atoms with Crippen LogP contribution < -0.4 is 0 Å². The van der Waals surface area contributed by atoms with Crippen LogP contribution in [0.15, 0.2) is 24.3 Å². The van der Waals surface area contributed by atoms with E-state index in [9.17, 15) is 9.59 Å². The van der Waals surface area contributed by atoms with Gasteiger partial charge in [0.05, 0.1) is 0 Å². The molecule has 0 saturated heterocycles. The number of carbonyl (C=O) groups excluding carboxylic acids is 1. The zero-order chi connectivity index (χ0) is 12.3. The summed E-state index contributed by atoms with van der Waals surface area (Å²) in [6.45, 7) is 3.28. The Hall–Kier alpha value is -1.84. The molecule has 0 aromatic heterocycles. The molecule has 1 N–H and O–H groups in total. The van der Waals surface area contributed by atoms with Crippen molar-refractivity contribution in [3.8, 4) is 0 Å². The SMILES string of the molecule is CC(=O)N(C)C(C(=O)O)c1ccc(C)cc1. The fourth-order valence-corrected chi connectivity index (χ4v) is 1.46. The first-order valence-electron chi connectivity index (χ1n) is 4.96. The van der Waals surface area contributed by atoms with Gasteiger partial charge in [0.25, 0.3) is 0 Å². The molecule has 0 saturated carbocycles. The predicted octanol–water partition coefficient (Wildman–Crippen LogP) is 1.60. The Morgan fingerprint density at radius 1 is 1.25 bits per heavy atom. The lowest BCUT2D eigenvalue weighted by atomic mass is 10.0. The number of hydrogen-bond acceptors (Lipinski definition) is 2. The summed E-state index contributed by atoms with van der Waals surface area (Å²) in [4.78, 5) is 23.5. The molecule has 16 heavy (non-hydrogen) atoms. The van der Waals surface area contributed by atoms with E-state index in [1.54, 1.807) is 12.1 Å². The number of hydrogen-bond donors (Lipinski definition) is 1. The van der Waals surface area contributed by atoms with E-state index in [0.717, 1.165) is 5.56 Å². The number of aryl methyl sites for hydroxylation is 1. The fraction of sp³-hybridized carbons (Fsp3) is 0.333. The van der Waals surface area contributed by atoms with E-state index in [-0.39, 0.29) is 5.91 Å². The summed E-state index contributed by atoms with van der Waals surface area (Å²) in [5, 5.41) is 9.12. The second-order valence-electron chi connectivity index (χ2n) is 3.78. The van der Waals surface area contributed by atoms with Gasteiger partial charge in [-0.15, -0.1) is 0 Å². The maximum atomic E-state index is 11.2. The average molecular weight is 221 g/mol. The summed E-state index contributed by atoms with van der Waals surface area (Å²) < 4.78 is 0. The van der Waals surface area contributed by atoms with E-state index in [4.69, 9.17) is 5.11 Å². The molecule has 1 rings (SSSR count). The van der Waals surface area contributed by atoms with Gasteiger partial charge >= 0.3 is 5.97 Å². The Balaban J connectivity index is 3.07. The highest BCUT2D eigenvalue weighted by molar-refractivity contribution is 5.83. The van der Waals surface area contributed by atoms with Gasteiger partial charge in [0, 0.05) is 14.0 Å². The van der Waals surface area contributed by atoms with Gasteiger partial charge in [0.1, 0.15) is 0 Å². The van der Waals surface area contributed by atoms with Gasteiger partial charge < -0.3 is 10.0 Å². The monoisotopic (exact) mass is 221 g/mol. The molecule has 0 bridgehead atoms. The van der Waals surface area contributed by atoms with Crippen LogP contribution in [0.5, 0.6) is 0 Å². The fourth-order valence-electron chi connectivity index (χ4n) is 1.46. The van der Waals surface area contributed by atoms with Crippen molar-refractivity contribution in [1.82, 2.24) is 4.90 Å². The first-order chi connectivity index (χ1) is 7.43. The molecule has 4 heteroatoms. The van der Waals surface area contributed by atoms with E-state index in [0.29, 0.717) is 5.56 Å². The largest absolute Gasteiger partial charge is 0.479 e. The van der Waals surface area contributed by atoms with Crippen LogP contribution in [0, 0.1) is 6.92 Å². The first kappa shape index (κ1) is 12.2. The highest BCUT2D eigenvalue weighted by Gasteiger charge is 2.26. The number of carboxylic acids is 1. The lowest BCUT2D eigenvalue weighted by Crippen LogP contribution is -2.34. The molecule has 0 heterocycles. The molecular formula is C12H15NO3. The topological polar surface area (TPSA) is 57.6 Å². The van der Waals surface area contributed by atoms with Crippen molar-refractivity contribution in [3.05, 3.63) is 35.4 Å². The summed E-state index contributed by atoms with van der Waals surface area (Å²) in [5.74, 6) is -1.30. The molecule has 1 aromatic rings. The van der Waals surface area contributed by atoms with Gasteiger partial charge in [-0.05, 0) is 12.5 Å². The lowest BCUT2D eigenvalue weighted by molar-refractivity contribution is -0.148. The van der Waals surface area contributed by atoms with Crippen LogP contribution in [-0.2, 0) is 9.59 Å². The summed E-state index contributed by atoms with van der Waals surface area (Å²) in [7, 11) is 1.49. The maximum absolute atomic E-state index is 11.2. The van der Waals surface area contributed by atoms with Crippen molar-refractivity contribution in [1.29, 1.82) is 0 Å². The van der Waals surface area contributed by atoms with Gasteiger partial charge in [0.15, 0.2) is 6.04 Å². The van der Waals surface area contributed by atoms with Crippen molar-refractivity contribution in [2.24, 2.45) is 0 Å². The quantitative estimate of drug-likeness (QED) is 0.843. The third-order valence-corrected chi connectivity index (χ3v) is 2.51. The minimum Gasteiger partial charge on any atom is -0.479 e. The lowest BCUT2D eigenvalue weighted by Gasteiger charge is -2.23. The molecule has 0 aliphatic rings. The number of amides is 1. The Morgan fingerprint density at radius 3 is 2.12 bits per heavy atom. The van der Waals surface area contributed by atoms with Crippen LogP contribution in [0.3, 0.4) is 0 Å². The van der Waals surface area contributed by atoms with Crippen LogP contribution in [0.1, 0.15) is 24.1 Å². The Labute approximate surface area is 94.5 Å². The molecule has 0 aliphatic heterocycles. The Bertz CT molecular complexity index is 397. The summed E-state index contributed by atoms with van der Waals surface area (Å²) in [6.07, 6.45) is 0. The molecular weight excluding hydrogens is 206 g/mol. The molecule has 1 amide bonds. The number of rotatable bonds is 3. The Kier molecular flexibility index (Phi) is 3.66. The highest BCUT2D eigenvalue weighted by Crippen LogP contribution is 2.20. The standard InChI is InChI=1S/C12H15NO3/c1-8-4-6-10(7-5-8)11(12(15)16)13(3)9(2)14/h4-7,11H,1-3H3,(H,15,16). The predicted molar refractivity (Wildman–Crippen MR) is 60.0 cm³/mol. The summed E-state index contributed by atoms with van der Waals surface area (Å²) in [5.41, 5.74) is 1.66. The molecule has 1 atom stereocenters. The molecule has 0 spiro atoms. The number of nitrogens with zero attached hydrogens (tertiary/aromatic N) is 1. The van der Waals surface area contributed by atoms with E-state index < -0.39 is 12.0 Å². The van der Waals surface area contributed by atoms with E-state index >= 15 is 0 Å². The molecule has 0 aliphatic carbocycles. The van der Waals surface area contributed by atoms with Crippen LogP contribution in [0.25, 0.3) is 0 Å². The van der Waals surface area contributed by atoms with Crippen LogP contribution in [0.2, 0.25) is 0 Å². The van der Waals surface area contributed by atoms with E-state index in [1.807, 2.05) is 19.1 Å². The van der Waals surface area contributed by atoms with Gasteiger partial charge in [-0.2, -0.15) is 0 Å². The summed E-state index contributed by atoms with van der Waals surface area (Å²) in [6, 6.07) is 6.21. The number of carboxylic acid groups (broad SMARTS) is 1. The van der Waals surface area contributed by atoms with E-state index in [2.05, 4.69) is 0 Å². The zero-order valence-electron chi connectivity index (χ0n) is 9.60. The molecule has 0 radical (unpaired) electrons. The first-order valence-corrected chi connectivity index (χ1v) is 4.96. The normalized spacial score (nSPS) is 11.9. The van der Waals surface area contributed by atoms with E-state index in [1.165, 1.54) is 18.9 Å². The number of carbonyl (C=O) groups is 2. The second-order valence-corrected chi connectivity index (χ2v) is 3.78. The maximum Gasteiger partial charge on any atom is 0.331 e. The summed E-state index contributed by atoms with van der Waals surface area (Å²) >= 11 is 0. The number of benzene rings is 1. The average Bonchev–Trinajstić information content (AvgIpc) is 2.20. The van der Waals surface area contributed by atoms with Crippen LogP contribution in [0.4, 0.5) is 0 Å². The number of likely N-dealkylation sites (N-methyl/N-ethyl adjacent to an activating group) is 1. The third-order valence-electron chi connectivity index (χ3n) is 2.51. The minimum absolute atomic E-state index is 0.270. The van der Waals surface area contributed by atoms with Crippen molar-refractivity contribution in [2.45, 2.75) is 19.9 Å². The molecule has 1 aromatic carbocycles. The van der Waals surface area contributed by atoms with Crippen molar-refractivity contribution in [3.63, 3.8) is 0 Å². The van der Waals surface area contributed by atoms with Gasteiger partial charge in [0.2, 0.25) is 5.91 Å². The molecule has 0 fully saturated rings. The molecule has 1 unspecified atom stereocenters. The van der Waals surface area contributed by atoms with Crippen molar-refractivity contribution in [2.75, 3.05) is 7.05 Å². The van der Waals surface area contributed by atoms with Crippen LogP contribution >= 0.6 is 0 Å². The smallest absolute Gasteiger partial charge is 0.331 e. The minimum atomic E-state index is -1.03. The van der Waals surface area contributed by atoms with Crippen LogP contribution in [-0.4, -0.2) is 28.9 Å². The van der Waals surface area contributed by atoms with Crippen molar-refractivity contribution >= 4 is 11.9 Å². The Morgan fingerprint density at radius 2 is 1.75 bits per heavy atom.